The topological polar surface area (TPSA) is 53.1 Å². The van der Waals surface area contributed by atoms with Crippen LogP contribution in [0.4, 0.5) is 27.5 Å². The van der Waals surface area contributed by atoms with Crippen LogP contribution in [0.2, 0.25) is 0 Å². The number of halogens is 1. The maximum Gasteiger partial charge on any atom is 0.225 e. The molecule has 3 aromatic rings. The van der Waals surface area contributed by atoms with E-state index in [9.17, 15) is 4.39 Å². The predicted octanol–water partition coefficient (Wildman–Crippen LogP) is 5.43. The molecule has 0 aliphatic heterocycles. The van der Waals surface area contributed by atoms with Gasteiger partial charge in [-0.2, -0.15) is 4.98 Å². The Morgan fingerprint density at radius 2 is 1.66 bits per heavy atom. The second kappa shape index (κ2) is 9.37. The summed E-state index contributed by atoms with van der Waals surface area (Å²) in [7, 11) is 0. The molecular weight excluding hydrogens is 365 g/mol. The lowest BCUT2D eigenvalue weighted by molar-refractivity contribution is 0.627. The minimum atomic E-state index is -0.241. The van der Waals surface area contributed by atoms with Crippen LogP contribution in [0.3, 0.4) is 0 Å². The fourth-order valence-corrected chi connectivity index (χ4v) is 3.21. The van der Waals surface area contributed by atoms with Gasteiger partial charge >= 0.3 is 0 Å². The Hall–Kier alpha value is -3.15. The van der Waals surface area contributed by atoms with Crippen molar-refractivity contribution in [2.45, 2.75) is 34.2 Å². The van der Waals surface area contributed by atoms with Crippen LogP contribution < -0.4 is 15.5 Å². The highest BCUT2D eigenvalue weighted by molar-refractivity contribution is 5.65. The Kier molecular flexibility index (Phi) is 6.65. The minimum Gasteiger partial charge on any atom is -0.372 e. The van der Waals surface area contributed by atoms with Crippen molar-refractivity contribution in [3.05, 3.63) is 71.2 Å². The first-order valence-corrected chi connectivity index (χ1v) is 9.95. The Balaban J connectivity index is 1.73. The van der Waals surface area contributed by atoms with Gasteiger partial charge in [-0.25, -0.2) is 9.37 Å². The van der Waals surface area contributed by atoms with Gasteiger partial charge < -0.3 is 15.5 Å². The highest BCUT2D eigenvalue weighted by atomic mass is 19.1. The molecule has 3 rings (SSSR count). The molecule has 152 valence electrons. The van der Waals surface area contributed by atoms with Crippen molar-refractivity contribution in [1.82, 2.24) is 9.97 Å². The molecule has 0 saturated carbocycles. The summed E-state index contributed by atoms with van der Waals surface area (Å²) in [5, 5.41) is 6.61. The van der Waals surface area contributed by atoms with Gasteiger partial charge in [0.25, 0.3) is 0 Å². The fourth-order valence-electron chi connectivity index (χ4n) is 3.21. The normalized spacial score (nSPS) is 10.7. The minimum absolute atomic E-state index is 0.241. The number of anilines is 4. The van der Waals surface area contributed by atoms with E-state index >= 15 is 0 Å². The number of aromatic nitrogens is 2. The summed E-state index contributed by atoms with van der Waals surface area (Å²) < 4.78 is 13.0. The van der Waals surface area contributed by atoms with E-state index in [2.05, 4.69) is 64.5 Å². The molecule has 0 radical (unpaired) electrons. The second-order valence-corrected chi connectivity index (χ2v) is 6.99. The van der Waals surface area contributed by atoms with Crippen LogP contribution in [-0.4, -0.2) is 23.1 Å². The van der Waals surface area contributed by atoms with Gasteiger partial charge in [0.1, 0.15) is 11.6 Å². The number of benzene rings is 2. The Morgan fingerprint density at radius 1 is 0.931 bits per heavy atom. The third-order valence-corrected chi connectivity index (χ3v) is 4.82. The molecule has 6 heteroatoms. The van der Waals surface area contributed by atoms with Crippen LogP contribution in [0.1, 0.15) is 30.7 Å². The Morgan fingerprint density at radius 3 is 2.31 bits per heavy atom. The molecule has 1 aromatic heterocycles. The van der Waals surface area contributed by atoms with Gasteiger partial charge in [-0.1, -0.05) is 12.1 Å². The molecule has 5 nitrogen and oxygen atoms in total. The zero-order chi connectivity index (χ0) is 20.8. The van der Waals surface area contributed by atoms with E-state index in [1.807, 2.05) is 13.0 Å². The van der Waals surface area contributed by atoms with Crippen LogP contribution in [0.15, 0.2) is 48.5 Å². The molecule has 0 atom stereocenters. The quantitative estimate of drug-likeness (QED) is 0.534. The lowest BCUT2D eigenvalue weighted by Gasteiger charge is -2.22. The van der Waals surface area contributed by atoms with E-state index in [1.165, 1.54) is 17.8 Å². The van der Waals surface area contributed by atoms with Gasteiger partial charge in [-0.3, -0.25) is 0 Å². The summed E-state index contributed by atoms with van der Waals surface area (Å²) in [6.45, 7) is 10.8. The Bertz CT molecular complexity index is 952. The number of hydrogen-bond donors (Lipinski definition) is 2. The molecule has 0 aliphatic carbocycles. The van der Waals surface area contributed by atoms with Gasteiger partial charge in [-0.05, 0) is 69.2 Å². The summed E-state index contributed by atoms with van der Waals surface area (Å²) in [4.78, 5) is 11.3. The van der Waals surface area contributed by atoms with Crippen molar-refractivity contribution in [3.63, 3.8) is 0 Å². The number of aryl methyl sites for hydroxylation is 2. The molecule has 2 aromatic carbocycles. The van der Waals surface area contributed by atoms with Gasteiger partial charge in [0.05, 0.1) is 0 Å². The molecule has 0 bridgehead atoms. The first-order valence-electron chi connectivity index (χ1n) is 9.95. The summed E-state index contributed by atoms with van der Waals surface area (Å²) >= 11 is 0. The second-order valence-electron chi connectivity index (χ2n) is 6.99. The molecular formula is C23H28FN5. The molecule has 0 fully saturated rings. The summed E-state index contributed by atoms with van der Waals surface area (Å²) in [6.07, 6.45) is 0. The SMILES string of the molecule is CCN(CC)c1ccc(Nc2cc(C)nc(NCc3ccc(F)cc3)n2)c(C)c1. The zero-order valence-electron chi connectivity index (χ0n) is 17.5. The van der Waals surface area contributed by atoms with Crippen LogP contribution >= 0.6 is 0 Å². The number of nitrogens with one attached hydrogen (secondary N) is 2. The van der Waals surface area contributed by atoms with E-state index in [0.717, 1.165) is 41.4 Å². The van der Waals surface area contributed by atoms with Crippen LogP contribution in [-0.2, 0) is 6.54 Å². The predicted molar refractivity (Wildman–Crippen MR) is 119 cm³/mol. The largest absolute Gasteiger partial charge is 0.372 e. The van der Waals surface area contributed by atoms with Crippen molar-refractivity contribution in [3.8, 4) is 0 Å². The summed E-state index contributed by atoms with van der Waals surface area (Å²) in [6, 6.07) is 14.7. The van der Waals surface area contributed by atoms with Crippen molar-refractivity contribution < 1.29 is 4.39 Å². The van der Waals surface area contributed by atoms with Crippen molar-refractivity contribution >= 4 is 23.1 Å². The molecule has 0 saturated heterocycles. The van der Waals surface area contributed by atoms with Gasteiger partial charge in [0.2, 0.25) is 5.95 Å². The standard InChI is InChI=1S/C23H28FN5/c1-5-29(6-2)20-11-12-21(16(3)13-20)27-22-14-17(4)26-23(28-22)25-15-18-7-9-19(24)10-8-18/h7-14H,5-6,15H2,1-4H3,(H2,25,26,27,28). The Labute approximate surface area is 172 Å². The maximum absolute atomic E-state index is 13.0. The summed E-state index contributed by atoms with van der Waals surface area (Å²) in [5.41, 5.74) is 5.23. The summed E-state index contributed by atoms with van der Waals surface area (Å²) in [5.74, 6) is 1.03. The fraction of sp³-hybridized carbons (Fsp3) is 0.304. The van der Waals surface area contributed by atoms with E-state index in [-0.39, 0.29) is 5.82 Å². The molecule has 0 spiro atoms. The lowest BCUT2D eigenvalue weighted by Crippen LogP contribution is -2.21. The van der Waals surface area contributed by atoms with E-state index in [1.54, 1.807) is 12.1 Å². The first kappa shape index (κ1) is 20.6. The van der Waals surface area contributed by atoms with Crippen molar-refractivity contribution in [2.75, 3.05) is 28.6 Å². The van der Waals surface area contributed by atoms with Crippen LogP contribution in [0.25, 0.3) is 0 Å². The highest BCUT2D eigenvalue weighted by Gasteiger charge is 2.08. The van der Waals surface area contributed by atoms with E-state index < -0.39 is 0 Å². The van der Waals surface area contributed by atoms with Crippen LogP contribution in [0, 0.1) is 19.7 Å². The third-order valence-electron chi connectivity index (χ3n) is 4.82. The first-order chi connectivity index (χ1) is 14.0. The molecule has 0 unspecified atom stereocenters. The van der Waals surface area contributed by atoms with Crippen molar-refractivity contribution in [2.24, 2.45) is 0 Å². The molecule has 0 aliphatic rings. The van der Waals surface area contributed by atoms with Gasteiger partial charge in [-0.15, -0.1) is 0 Å². The zero-order valence-corrected chi connectivity index (χ0v) is 17.5. The van der Waals surface area contributed by atoms with Gasteiger partial charge in [0.15, 0.2) is 0 Å². The highest BCUT2D eigenvalue weighted by Crippen LogP contribution is 2.25. The molecule has 1 heterocycles. The third kappa shape index (κ3) is 5.44. The lowest BCUT2D eigenvalue weighted by atomic mass is 10.1. The average molecular weight is 394 g/mol. The van der Waals surface area contributed by atoms with Gasteiger partial charge in [0, 0.05) is 42.8 Å². The van der Waals surface area contributed by atoms with E-state index in [4.69, 9.17) is 0 Å². The molecule has 2 N–H and O–H groups in total. The number of hydrogen-bond acceptors (Lipinski definition) is 5. The average Bonchev–Trinajstić information content (AvgIpc) is 2.70. The molecule has 0 amide bonds. The maximum atomic E-state index is 13.0. The van der Waals surface area contributed by atoms with E-state index in [0.29, 0.717) is 12.5 Å². The van der Waals surface area contributed by atoms with Crippen molar-refractivity contribution in [1.29, 1.82) is 0 Å². The monoisotopic (exact) mass is 393 g/mol. The van der Waals surface area contributed by atoms with Crippen LogP contribution in [0.5, 0.6) is 0 Å². The smallest absolute Gasteiger partial charge is 0.225 e. The molecule has 29 heavy (non-hydrogen) atoms. The number of nitrogens with zero attached hydrogens (tertiary/aromatic N) is 3. The number of rotatable bonds is 8.